The van der Waals surface area contributed by atoms with Crippen molar-refractivity contribution in [3.8, 4) is 0 Å². The Balaban J connectivity index is 2.90. The molecule has 0 heterocycles. The Hall–Kier alpha value is -0.630. The van der Waals surface area contributed by atoms with Gasteiger partial charge in [-0.2, -0.15) is 0 Å². The molecule has 0 saturated heterocycles. The number of allylic oxidation sites excluding steroid dienone is 4. The second kappa shape index (κ2) is 6.85. The first-order valence-electron chi connectivity index (χ1n) is 5.94. The second-order valence-corrected chi connectivity index (χ2v) is 5.08. The number of nitrogens with zero attached hydrogens (tertiary/aromatic N) is 1. The van der Waals surface area contributed by atoms with E-state index in [-0.39, 0.29) is 0 Å². The smallest absolute Gasteiger partial charge is 0.0460 e. The van der Waals surface area contributed by atoms with E-state index < -0.39 is 0 Å². The van der Waals surface area contributed by atoms with Crippen LogP contribution in [-0.4, -0.2) is 5.71 Å². The van der Waals surface area contributed by atoms with Crippen LogP contribution in [0.15, 0.2) is 40.0 Å². The van der Waals surface area contributed by atoms with Gasteiger partial charge in [0.1, 0.15) is 0 Å². The lowest BCUT2D eigenvalue weighted by molar-refractivity contribution is 0.735. The fourth-order valence-corrected chi connectivity index (χ4v) is 1.91. The van der Waals surface area contributed by atoms with Crippen molar-refractivity contribution in [2.24, 2.45) is 10.9 Å². The molecule has 0 aromatic heterocycles. The maximum atomic E-state index is 4.62. The van der Waals surface area contributed by atoms with Crippen molar-refractivity contribution in [3.05, 3.63) is 35.0 Å². The summed E-state index contributed by atoms with van der Waals surface area (Å²) in [6, 6.07) is 0. The Morgan fingerprint density at radius 1 is 1.69 bits per heavy atom. The number of rotatable bonds is 5. The van der Waals surface area contributed by atoms with Gasteiger partial charge in [-0.3, -0.25) is 4.99 Å². The van der Waals surface area contributed by atoms with Crippen molar-refractivity contribution < 1.29 is 0 Å². The van der Waals surface area contributed by atoms with Gasteiger partial charge in [-0.25, -0.2) is 0 Å². The molecule has 1 aliphatic rings. The van der Waals surface area contributed by atoms with Crippen LogP contribution in [0.25, 0.3) is 0 Å². The molecule has 1 nitrogen and oxygen atoms in total. The molecule has 0 spiro atoms. The van der Waals surface area contributed by atoms with Gasteiger partial charge in [0.25, 0.3) is 0 Å². The number of hydrogen-bond donors (Lipinski definition) is 0. The molecule has 0 bridgehead atoms. The van der Waals surface area contributed by atoms with E-state index in [1.165, 1.54) is 30.5 Å². The Morgan fingerprint density at radius 3 is 2.94 bits per heavy atom. The summed E-state index contributed by atoms with van der Waals surface area (Å²) in [5.74, 6) is 0.533. The third kappa shape index (κ3) is 3.75. The average Bonchev–Trinajstić information content (AvgIpc) is 2.82. The van der Waals surface area contributed by atoms with Gasteiger partial charge in [0.15, 0.2) is 0 Å². The lowest BCUT2D eigenvalue weighted by atomic mass is 9.95. The first-order valence-corrected chi connectivity index (χ1v) is 6.73. The highest BCUT2D eigenvalue weighted by Gasteiger charge is 2.15. The fraction of sp³-hybridized carbons (Fsp3) is 0.500. The Kier molecular flexibility index (Phi) is 5.75. The summed E-state index contributed by atoms with van der Waals surface area (Å²) in [5, 5.41) is 0. The fourth-order valence-electron chi connectivity index (χ4n) is 1.81. The zero-order valence-corrected chi connectivity index (χ0v) is 11.8. The Labute approximate surface area is 107 Å². The molecule has 16 heavy (non-hydrogen) atoms. The topological polar surface area (TPSA) is 12.4 Å². The van der Waals surface area contributed by atoms with E-state index in [9.17, 15) is 0 Å². The van der Waals surface area contributed by atoms with Crippen LogP contribution >= 0.6 is 15.9 Å². The minimum absolute atomic E-state index is 0.533. The quantitative estimate of drug-likeness (QED) is 0.496. The van der Waals surface area contributed by atoms with E-state index in [1.54, 1.807) is 6.08 Å². The molecule has 1 atom stereocenters. The van der Waals surface area contributed by atoms with Crippen LogP contribution in [0.3, 0.4) is 0 Å². The predicted molar refractivity (Wildman–Crippen MR) is 76.0 cm³/mol. The summed E-state index contributed by atoms with van der Waals surface area (Å²) in [7, 11) is 0. The molecule has 0 fully saturated rings. The number of aliphatic imine (C=N–C) groups is 1. The summed E-state index contributed by atoms with van der Waals surface area (Å²) in [6.45, 7) is 8.16. The van der Waals surface area contributed by atoms with Crippen LogP contribution in [0.5, 0.6) is 0 Å². The Bertz CT molecular complexity index is 337. The van der Waals surface area contributed by atoms with Crippen molar-refractivity contribution in [1.29, 1.82) is 0 Å². The van der Waals surface area contributed by atoms with Gasteiger partial charge in [-0.05, 0) is 53.1 Å². The predicted octanol–water partition coefficient (Wildman–Crippen LogP) is 5.01. The normalized spacial score (nSPS) is 19.6. The summed E-state index contributed by atoms with van der Waals surface area (Å²) >= 11 is 3.40. The van der Waals surface area contributed by atoms with Crippen molar-refractivity contribution in [3.63, 3.8) is 0 Å². The summed E-state index contributed by atoms with van der Waals surface area (Å²) in [5.41, 5.74) is 2.69. The molecule has 1 unspecified atom stereocenters. The lowest BCUT2D eigenvalue weighted by Gasteiger charge is -2.13. The Morgan fingerprint density at radius 2 is 2.44 bits per heavy atom. The molecule has 88 valence electrons. The van der Waals surface area contributed by atoms with Crippen LogP contribution in [-0.2, 0) is 0 Å². The molecule has 0 saturated carbocycles. The van der Waals surface area contributed by atoms with Gasteiger partial charge < -0.3 is 0 Å². The first-order chi connectivity index (χ1) is 7.69. The van der Waals surface area contributed by atoms with E-state index >= 15 is 0 Å². The minimum atomic E-state index is 0.533. The van der Waals surface area contributed by atoms with Crippen LogP contribution in [0, 0.1) is 5.92 Å². The third-order valence-corrected chi connectivity index (χ3v) is 3.50. The second-order valence-electron chi connectivity index (χ2n) is 4.16. The van der Waals surface area contributed by atoms with E-state index in [2.05, 4.69) is 47.4 Å². The van der Waals surface area contributed by atoms with Crippen LogP contribution in [0.2, 0.25) is 0 Å². The van der Waals surface area contributed by atoms with Crippen molar-refractivity contribution >= 4 is 21.6 Å². The van der Waals surface area contributed by atoms with Crippen molar-refractivity contribution in [2.45, 2.75) is 39.5 Å². The molecule has 0 N–H and O–H groups in total. The minimum Gasteiger partial charge on any atom is -0.260 e. The highest BCUT2D eigenvalue weighted by atomic mass is 79.9. The van der Waals surface area contributed by atoms with E-state index in [1.807, 2.05) is 6.20 Å². The maximum absolute atomic E-state index is 4.62. The van der Waals surface area contributed by atoms with Gasteiger partial charge in [0.05, 0.1) is 0 Å². The van der Waals surface area contributed by atoms with E-state index in [0.29, 0.717) is 5.92 Å². The molecule has 0 aliphatic heterocycles. The zero-order chi connectivity index (χ0) is 12.0. The summed E-state index contributed by atoms with van der Waals surface area (Å²) in [4.78, 5) is 4.62. The molecule has 2 heteroatoms. The highest BCUT2D eigenvalue weighted by Crippen LogP contribution is 2.24. The SMILES string of the molecule is C=C/C(Br)=C\N=C(\C1=CCCC1)C(C)CC. The average molecular weight is 282 g/mol. The molecule has 0 radical (unpaired) electrons. The number of hydrogen-bond acceptors (Lipinski definition) is 1. The standard InChI is InChI=1S/C14H20BrN/c1-4-11(3)14(12-8-6-7-9-12)16-10-13(15)5-2/h5,8,10-11H,2,4,6-7,9H2,1,3H3/b13-10+,16-14+. The van der Waals surface area contributed by atoms with Crippen molar-refractivity contribution in [2.75, 3.05) is 0 Å². The molecular weight excluding hydrogens is 262 g/mol. The van der Waals surface area contributed by atoms with Crippen LogP contribution in [0.1, 0.15) is 39.5 Å². The first kappa shape index (κ1) is 13.4. The maximum Gasteiger partial charge on any atom is 0.0460 e. The van der Waals surface area contributed by atoms with Gasteiger partial charge in [-0.1, -0.05) is 32.6 Å². The largest absolute Gasteiger partial charge is 0.260 e. The van der Waals surface area contributed by atoms with Crippen LogP contribution in [0.4, 0.5) is 0 Å². The molecule has 1 aliphatic carbocycles. The van der Waals surface area contributed by atoms with E-state index in [4.69, 9.17) is 0 Å². The van der Waals surface area contributed by atoms with Crippen molar-refractivity contribution in [1.82, 2.24) is 0 Å². The molecule has 1 rings (SSSR count). The highest BCUT2D eigenvalue weighted by molar-refractivity contribution is 9.11. The van der Waals surface area contributed by atoms with E-state index in [0.717, 1.165) is 10.9 Å². The lowest BCUT2D eigenvalue weighted by Crippen LogP contribution is -2.12. The van der Waals surface area contributed by atoms with Gasteiger partial charge in [0.2, 0.25) is 0 Å². The zero-order valence-electron chi connectivity index (χ0n) is 10.2. The molecule has 0 aromatic carbocycles. The molecule has 0 amide bonds. The van der Waals surface area contributed by atoms with Gasteiger partial charge in [-0.15, -0.1) is 0 Å². The van der Waals surface area contributed by atoms with Gasteiger partial charge in [0, 0.05) is 16.4 Å². The monoisotopic (exact) mass is 281 g/mol. The summed E-state index contributed by atoms with van der Waals surface area (Å²) < 4.78 is 0.937. The van der Waals surface area contributed by atoms with Gasteiger partial charge >= 0.3 is 0 Å². The molecule has 0 aromatic rings. The summed E-state index contributed by atoms with van der Waals surface area (Å²) in [6.07, 6.45) is 10.8. The molecular formula is C14H20BrN. The third-order valence-electron chi connectivity index (χ3n) is 2.97. The van der Waals surface area contributed by atoms with Crippen LogP contribution < -0.4 is 0 Å². The number of halogens is 1.